The third-order valence-corrected chi connectivity index (χ3v) is 4.34. The van der Waals surface area contributed by atoms with Crippen molar-refractivity contribution in [2.24, 2.45) is 0 Å². The van der Waals surface area contributed by atoms with Gasteiger partial charge < -0.3 is 4.74 Å². The van der Waals surface area contributed by atoms with Crippen molar-refractivity contribution < 1.29 is 4.74 Å². The van der Waals surface area contributed by atoms with E-state index in [1.165, 1.54) is 31.2 Å². The Bertz CT molecular complexity index is 464. The predicted octanol–water partition coefficient (Wildman–Crippen LogP) is 3.73. The molecule has 0 spiro atoms. The molecule has 0 bridgehead atoms. The lowest BCUT2D eigenvalue weighted by Gasteiger charge is -2.26. The van der Waals surface area contributed by atoms with E-state index in [0.29, 0.717) is 12.6 Å². The zero-order chi connectivity index (χ0) is 13.7. The minimum atomic E-state index is 0.508. The second-order valence-electron chi connectivity index (χ2n) is 4.97. The van der Waals surface area contributed by atoms with Gasteiger partial charge in [0.05, 0.1) is 24.2 Å². The van der Waals surface area contributed by atoms with Crippen LogP contribution in [0.25, 0.3) is 0 Å². The molecule has 0 amide bonds. The maximum absolute atomic E-state index is 8.99. The highest BCUT2D eigenvalue weighted by molar-refractivity contribution is 9.10. The molecule has 0 radical (unpaired) electrons. The smallest absolute Gasteiger partial charge is 0.133 e. The Balaban J connectivity index is 2.08. The molecule has 0 unspecified atom stereocenters. The summed E-state index contributed by atoms with van der Waals surface area (Å²) in [7, 11) is 1.67. The molecule has 102 valence electrons. The average molecular weight is 323 g/mol. The molecule has 0 saturated heterocycles. The molecule has 4 heteroatoms. The summed E-state index contributed by atoms with van der Waals surface area (Å²) in [6.07, 6.45) is 5.02. The van der Waals surface area contributed by atoms with Gasteiger partial charge in [0.15, 0.2) is 0 Å². The van der Waals surface area contributed by atoms with Crippen LogP contribution in [-0.2, 0) is 6.54 Å². The predicted molar refractivity (Wildman–Crippen MR) is 79.0 cm³/mol. The minimum Gasteiger partial charge on any atom is -0.496 e. The van der Waals surface area contributed by atoms with E-state index in [-0.39, 0.29) is 0 Å². The molecule has 0 heterocycles. The zero-order valence-electron chi connectivity index (χ0n) is 11.2. The van der Waals surface area contributed by atoms with Gasteiger partial charge in [-0.2, -0.15) is 5.26 Å². The van der Waals surface area contributed by atoms with Gasteiger partial charge in [-0.3, -0.25) is 4.90 Å². The molecule has 1 saturated carbocycles. The largest absolute Gasteiger partial charge is 0.496 e. The fraction of sp³-hybridized carbons (Fsp3) is 0.533. The van der Waals surface area contributed by atoms with Gasteiger partial charge in [0.2, 0.25) is 0 Å². The van der Waals surface area contributed by atoms with Crippen LogP contribution in [-0.4, -0.2) is 24.6 Å². The van der Waals surface area contributed by atoms with Gasteiger partial charge in [-0.05, 0) is 46.5 Å². The number of nitrogens with zero attached hydrogens (tertiary/aromatic N) is 2. The molecule has 1 aromatic carbocycles. The summed E-state index contributed by atoms with van der Waals surface area (Å²) in [6, 6.07) is 8.99. The molecule has 1 aromatic rings. The van der Waals surface area contributed by atoms with E-state index in [2.05, 4.69) is 39.0 Å². The Morgan fingerprint density at radius 2 is 2.16 bits per heavy atom. The summed E-state index contributed by atoms with van der Waals surface area (Å²) in [6.45, 7) is 1.34. The molecule has 1 aliphatic carbocycles. The number of hydrogen-bond donors (Lipinski definition) is 0. The normalized spacial score (nSPS) is 15.7. The second-order valence-corrected chi connectivity index (χ2v) is 5.82. The number of rotatable bonds is 5. The lowest BCUT2D eigenvalue weighted by molar-refractivity contribution is 0.214. The first-order valence-electron chi connectivity index (χ1n) is 6.68. The maximum Gasteiger partial charge on any atom is 0.133 e. The number of benzene rings is 1. The number of hydrogen-bond acceptors (Lipinski definition) is 3. The van der Waals surface area contributed by atoms with Gasteiger partial charge in [0.25, 0.3) is 0 Å². The third kappa shape index (κ3) is 3.71. The maximum atomic E-state index is 8.99. The van der Waals surface area contributed by atoms with Crippen LogP contribution in [0.3, 0.4) is 0 Å². The third-order valence-electron chi connectivity index (χ3n) is 3.72. The summed E-state index contributed by atoms with van der Waals surface area (Å²) < 4.78 is 6.21. The molecular weight excluding hydrogens is 304 g/mol. The van der Waals surface area contributed by atoms with Crippen LogP contribution < -0.4 is 4.74 Å². The summed E-state index contributed by atoms with van der Waals surface area (Å²) >= 11 is 3.51. The highest BCUT2D eigenvalue weighted by Gasteiger charge is 2.22. The van der Waals surface area contributed by atoms with Gasteiger partial charge in [-0.1, -0.05) is 18.9 Å². The first kappa shape index (κ1) is 14.4. The quantitative estimate of drug-likeness (QED) is 0.775. The molecule has 1 fully saturated rings. The Labute approximate surface area is 123 Å². The molecule has 0 N–H and O–H groups in total. The van der Waals surface area contributed by atoms with Gasteiger partial charge >= 0.3 is 0 Å². The average Bonchev–Trinajstić information content (AvgIpc) is 2.92. The lowest BCUT2D eigenvalue weighted by atomic mass is 10.1. The van der Waals surface area contributed by atoms with Crippen molar-refractivity contribution in [1.29, 1.82) is 5.26 Å². The van der Waals surface area contributed by atoms with Crippen LogP contribution in [0.5, 0.6) is 5.75 Å². The van der Waals surface area contributed by atoms with Crippen molar-refractivity contribution in [1.82, 2.24) is 4.90 Å². The number of halogens is 1. The summed E-state index contributed by atoms with van der Waals surface area (Å²) in [5, 5.41) is 8.99. The van der Waals surface area contributed by atoms with E-state index in [9.17, 15) is 0 Å². The number of ether oxygens (including phenoxy) is 1. The highest BCUT2D eigenvalue weighted by atomic mass is 79.9. The lowest BCUT2D eigenvalue weighted by Crippen LogP contribution is -2.33. The van der Waals surface area contributed by atoms with Crippen LogP contribution in [0, 0.1) is 11.3 Å². The monoisotopic (exact) mass is 322 g/mol. The molecule has 3 nitrogen and oxygen atoms in total. The molecule has 0 aliphatic heterocycles. The van der Waals surface area contributed by atoms with Crippen LogP contribution in [0.2, 0.25) is 0 Å². The summed E-state index contributed by atoms with van der Waals surface area (Å²) in [4.78, 5) is 2.29. The molecular formula is C15H19BrN2O. The molecule has 1 aliphatic rings. The van der Waals surface area contributed by atoms with E-state index in [4.69, 9.17) is 10.00 Å². The van der Waals surface area contributed by atoms with Crippen molar-refractivity contribution in [3.05, 3.63) is 28.2 Å². The Hall–Kier alpha value is -1.05. The van der Waals surface area contributed by atoms with Crippen molar-refractivity contribution in [3.63, 3.8) is 0 Å². The van der Waals surface area contributed by atoms with Crippen LogP contribution in [0.4, 0.5) is 0 Å². The molecule has 0 atom stereocenters. The van der Waals surface area contributed by atoms with Gasteiger partial charge in [0, 0.05) is 12.6 Å². The zero-order valence-corrected chi connectivity index (χ0v) is 12.8. The first-order valence-corrected chi connectivity index (χ1v) is 7.47. The minimum absolute atomic E-state index is 0.508. The van der Waals surface area contributed by atoms with Gasteiger partial charge in [0.1, 0.15) is 5.75 Å². The van der Waals surface area contributed by atoms with Crippen LogP contribution >= 0.6 is 15.9 Å². The van der Waals surface area contributed by atoms with Crippen molar-refractivity contribution in [2.75, 3.05) is 13.7 Å². The molecule has 2 rings (SSSR count). The second kappa shape index (κ2) is 6.93. The van der Waals surface area contributed by atoms with Crippen molar-refractivity contribution >= 4 is 15.9 Å². The highest BCUT2D eigenvalue weighted by Crippen LogP contribution is 2.28. The van der Waals surface area contributed by atoms with Gasteiger partial charge in [-0.15, -0.1) is 0 Å². The van der Waals surface area contributed by atoms with E-state index >= 15 is 0 Å². The number of nitriles is 1. The standard InChI is InChI=1S/C15H19BrN2O/c1-19-15-7-6-12(10-14(15)16)11-18(9-8-17)13-4-2-3-5-13/h6-7,10,13H,2-5,9,11H2,1H3. The fourth-order valence-corrected chi connectivity index (χ4v) is 3.31. The SMILES string of the molecule is COc1ccc(CN(CC#N)C2CCCC2)cc1Br. The Morgan fingerprint density at radius 3 is 2.74 bits per heavy atom. The Kier molecular flexibility index (Phi) is 5.24. The van der Waals surface area contributed by atoms with E-state index in [0.717, 1.165) is 16.8 Å². The van der Waals surface area contributed by atoms with Gasteiger partial charge in [-0.25, -0.2) is 0 Å². The first-order chi connectivity index (χ1) is 9.24. The number of methoxy groups -OCH3 is 1. The Morgan fingerprint density at radius 1 is 1.42 bits per heavy atom. The topological polar surface area (TPSA) is 36.3 Å². The molecule has 19 heavy (non-hydrogen) atoms. The summed E-state index contributed by atoms with van der Waals surface area (Å²) in [5.41, 5.74) is 1.22. The van der Waals surface area contributed by atoms with E-state index in [1.54, 1.807) is 7.11 Å². The van der Waals surface area contributed by atoms with Crippen molar-refractivity contribution in [2.45, 2.75) is 38.3 Å². The van der Waals surface area contributed by atoms with E-state index in [1.807, 2.05) is 6.07 Å². The van der Waals surface area contributed by atoms with E-state index < -0.39 is 0 Å². The molecule has 0 aromatic heterocycles. The fourth-order valence-electron chi connectivity index (χ4n) is 2.72. The summed E-state index contributed by atoms with van der Waals surface area (Å²) in [5.74, 6) is 0.844. The van der Waals surface area contributed by atoms with Crippen LogP contribution in [0.1, 0.15) is 31.2 Å². The van der Waals surface area contributed by atoms with Crippen molar-refractivity contribution in [3.8, 4) is 11.8 Å². The van der Waals surface area contributed by atoms with Crippen LogP contribution in [0.15, 0.2) is 22.7 Å².